The van der Waals surface area contributed by atoms with Crippen LogP contribution >= 0.6 is 0 Å². The number of carbonyl (C=O) groups is 2. The summed E-state index contributed by atoms with van der Waals surface area (Å²) in [4.78, 5) is 37.8. The highest BCUT2D eigenvalue weighted by atomic mass is 16.2. The predicted molar refractivity (Wildman–Crippen MR) is 103 cm³/mol. The number of rotatable bonds is 3. The molecular formula is C19H21N7O2. The van der Waals surface area contributed by atoms with E-state index < -0.39 is 0 Å². The van der Waals surface area contributed by atoms with Gasteiger partial charge in [-0.2, -0.15) is 5.10 Å². The summed E-state index contributed by atoms with van der Waals surface area (Å²) in [6, 6.07) is 3.85. The number of urea groups is 1. The van der Waals surface area contributed by atoms with E-state index in [-0.39, 0.29) is 18.0 Å². The summed E-state index contributed by atoms with van der Waals surface area (Å²) in [5, 5.41) is 5.30. The van der Waals surface area contributed by atoms with Crippen LogP contribution in [-0.4, -0.2) is 74.7 Å². The lowest BCUT2D eigenvalue weighted by atomic mass is 10.2. The Morgan fingerprint density at radius 1 is 1.29 bits per heavy atom. The SMILES string of the molecule is CN1CCN(c2cnn(C3CCN(C(=O)c4c[nH]c5ncccc45)C3)c2)C1=O. The summed E-state index contributed by atoms with van der Waals surface area (Å²) in [6.45, 7) is 2.66. The van der Waals surface area contributed by atoms with E-state index in [9.17, 15) is 9.59 Å². The monoisotopic (exact) mass is 379 g/mol. The molecule has 9 nitrogen and oxygen atoms in total. The minimum atomic E-state index is -0.00396. The summed E-state index contributed by atoms with van der Waals surface area (Å²) in [7, 11) is 1.80. The maximum absolute atomic E-state index is 13.0. The third-order valence-corrected chi connectivity index (χ3v) is 5.62. The van der Waals surface area contributed by atoms with Crippen molar-refractivity contribution in [2.45, 2.75) is 12.5 Å². The zero-order chi connectivity index (χ0) is 19.3. The number of nitrogens with zero attached hydrogens (tertiary/aromatic N) is 6. The van der Waals surface area contributed by atoms with Crippen LogP contribution in [-0.2, 0) is 0 Å². The quantitative estimate of drug-likeness (QED) is 0.750. The minimum Gasteiger partial charge on any atom is -0.345 e. The molecule has 0 aliphatic carbocycles. The Labute approximate surface area is 161 Å². The van der Waals surface area contributed by atoms with Crippen molar-refractivity contribution in [3.63, 3.8) is 0 Å². The van der Waals surface area contributed by atoms with Crippen LogP contribution in [0, 0.1) is 0 Å². The number of likely N-dealkylation sites (N-methyl/N-ethyl adjacent to an activating group) is 1. The van der Waals surface area contributed by atoms with Crippen LogP contribution in [0.25, 0.3) is 11.0 Å². The van der Waals surface area contributed by atoms with Gasteiger partial charge in [0.1, 0.15) is 5.65 Å². The third-order valence-electron chi connectivity index (χ3n) is 5.62. The highest BCUT2D eigenvalue weighted by molar-refractivity contribution is 6.06. The molecule has 0 radical (unpaired) electrons. The second-order valence-corrected chi connectivity index (χ2v) is 7.33. The molecule has 1 atom stereocenters. The number of pyridine rings is 1. The van der Waals surface area contributed by atoms with Gasteiger partial charge in [0.25, 0.3) is 5.91 Å². The first-order valence-electron chi connectivity index (χ1n) is 9.40. The molecule has 3 aromatic rings. The van der Waals surface area contributed by atoms with Gasteiger partial charge in [0.2, 0.25) is 0 Å². The Bertz CT molecular complexity index is 1060. The van der Waals surface area contributed by atoms with Crippen molar-refractivity contribution in [2.24, 2.45) is 0 Å². The number of likely N-dealkylation sites (tertiary alicyclic amines) is 1. The molecule has 28 heavy (non-hydrogen) atoms. The molecule has 3 amide bonds. The van der Waals surface area contributed by atoms with Gasteiger partial charge in [-0.15, -0.1) is 0 Å². The van der Waals surface area contributed by atoms with Crippen LogP contribution in [0.5, 0.6) is 0 Å². The van der Waals surface area contributed by atoms with Crippen LogP contribution in [0.15, 0.2) is 36.9 Å². The number of hydrogen-bond acceptors (Lipinski definition) is 4. The zero-order valence-electron chi connectivity index (χ0n) is 15.6. The number of carbonyl (C=O) groups excluding carboxylic acids is 2. The molecule has 144 valence electrons. The van der Waals surface area contributed by atoms with Crippen LogP contribution in [0.4, 0.5) is 10.5 Å². The average molecular weight is 379 g/mol. The van der Waals surface area contributed by atoms with Gasteiger partial charge >= 0.3 is 6.03 Å². The smallest absolute Gasteiger partial charge is 0.324 e. The molecule has 2 aliphatic heterocycles. The molecule has 9 heteroatoms. The normalized spacial score (nSPS) is 20.0. The van der Waals surface area contributed by atoms with Gasteiger partial charge in [0, 0.05) is 57.2 Å². The largest absolute Gasteiger partial charge is 0.345 e. The molecule has 5 heterocycles. The minimum absolute atomic E-state index is 0.00396. The van der Waals surface area contributed by atoms with E-state index in [1.165, 1.54) is 0 Å². The highest BCUT2D eigenvalue weighted by Gasteiger charge is 2.32. The van der Waals surface area contributed by atoms with Gasteiger partial charge in [0.05, 0.1) is 23.5 Å². The maximum atomic E-state index is 13.0. The van der Waals surface area contributed by atoms with E-state index in [0.717, 1.165) is 29.7 Å². The molecule has 3 aromatic heterocycles. The fourth-order valence-electron chi connectivity index (χ4n) is 4.00. The van der Waals surface area contributed by atoms with Gasteiger partial charge in [-0.05, 0) is 18.6 Å². The van der Waals surface area contributed by atoms with Crippen LogP contribution in [0.2, 0.25) is 0 Å². The summed E-state index contributed by atoms with van der Waals surface area (Å²) in [5.41, 5.74) is 2.18. The van der Waals surface area contributed by atoms with E-state index in [1.807, 2.05) is 27.9 Å². The number of hydrogen-bond donors (Lipinski definition) is 1. The second kappa shape index (κ2) is 6.36. The van der Waals surface area contributed by atoms with Crippen molar-refractivity contribution in [3.05, 3.63) is 42.5 Å². The molecular weight excluding hydrogens is 358 g/mol. The number of aromatic nitrogens is 4. The summed E-state index contributed by atoms with van der Waals surface area (Å²) < 4.78 is 1.88. The van der Waals surface area contributed by atoms with E-state index in [4.69, 9.17) is 0 Å². The molecule has 2 saturated heterocycles. The lowest BCUT2D eigenvalue weighted by molar-refractivity contribution is 0.0789. The molecule has 1 unspecified atom stereocenters. The fraction of sp³-hybridized carbons (Fsp3) is 0.368. The molecule has 2 aliphatic rings. The van der Waals surface area contributed by atoms with Crippen molar-refractivity contribution >= 4 is 28.7 Å². The van der Waals surface area contributed by atoms with Crippen LogP contribution in [0.3, 0.4) is 0 Å². The molecule has 0 spiro atoms. The molecule has 0 aromatic carbocycles. The Hall–Kier alpha value is -3.36. The van der Waals surface area contributed by atoms with Crippen molar-refractivity contribution in [3.8, 4) is 0 Å². The maximum Gasteiger partial charge on any atom is 0.324 e. The Kier molecular flexibility index (Phi) is 3.81. The number of amides is 3. The lowest BCUT2D eigenvalue weighted by Gasteiger charge is -2.16. The third kappa shape index (κ3) is 2.62. The Morgan fingerprint density at radius 2 is 2.18 bits per heavy atom. The standard InChI is InChI=1S/C19H21N7O2/c1-23-7-8-25(19(23)28)14-9-22-26(12-14)13-4-6-24(11-13)18(27)16-10-21-17-15(16)3-2-5-20-17/h2-3,5,9-10,12-13H,4,6-8,11H2,1H3,(H,20,21). The number of anilines is 1. The topological polar surface area (TPSA) is 90.4 Å². The van der Waals surface area contributed by atoms with Crippen molar-refractivity contribution in [1.82, 2.24) is 29.5 Å². The number of fused-ring (bicyclic) bond motifs is 1. The van der Waals surface area contributed by atoms with Gasteiger partial charge in [-0.25, -0.2) is 9.78 Å². The Balaban J connectivity index is 1.31. The number of aromatic amines is 1. The number of H-pyrrole nitrogens is 1. The zero-order valence-corrected chi connectivity index (χ0v) is 15.6. The molecule has 5 rings (SSSR count). The predicted octanol–water partition coefficient (Wildman–Crippen LogP) is 1.72. The van der Waals surface area contributed by atoms with E-state index in [0.29, 0.717) is 25.2 Å². The highest BCUT2D eigenvalue weighted by Crippen LogP contribution is 2.27. The summed E-state index contributed by atoms with van der Waals surface area (Å²) in [5.74, 6) is 0.00507. The van der Waals surface area contributed by atoms with Gasteiger partial charge < -0.3 is 14.8 Å². The average Bonchev–Trinajstić information content (AvgIpc) is 3.48. The molecule has 1 N–H and O–H groups in total. The van der Waals surface area contributed by atoms with E-state index >= 15 is 0 Å². The summed E-state index contributed by atoms with van der Waals surface area (Å²) in [6.07, 6.45) is 7.91. The lowest BCUT2D eigenvalue weighted by Crippen LogP contribution is -2.29. The first kappa shape index (κ1) is 16.8. The van der Waals surface area contributed by atoms with E-state index in [2.05, 4.69) is 15.1 Å². The summed E-state index contributed by atoms with van der Waals surface area (Å²) >= 11 is 0. The van der Waals surface area contributed by atoms with Crippen LogP contribution in [0.1, 0.15) is 22.8 Å². The van der Waals surface area contributed by atoms with Gasteiger partial charge in [-0.1, -0.05) is 0 Å². The van der Waals surface area contributed by atoms with Crippen LogP contribution < -0.4 is 4.90 Å². The van der Waals surface area contributed by atoms with Gasteiger partial charge in [-0.3, -0.25) is 14.4 Å². The van der Waals surface area contributed by atoms with E-state index in [1.54, 1.807) is 35.4 Å². The second-order valence-electron chi connectivity index (χ2n) is 7.33. The molecule has 2 fully saturated rings. The first-order chi connectivity index (χ1) is 13.6. The van der Waals surface area contributed by atoms with Crippen molar-refractivity contribution < 1.29 is 9.59 Å². The first-order valence-corrected chi connectivity index (χ1v) is 9.40. The number of nitrogens with one attached hydrogen (secondary N) is 1. The molecule has 0 saturated carbocycles. The van der Waals surface area contributed by atoms with Crippen molar-refractivity contribution in [2.75, 3.05) is 38.1 Å². The fourth-order valence-corrected chi connectivity index (χ4v) is 4.00. The Morgan fingerprint density at radius 3 is 3.00 bits per heavy atom. The molecule has 0 bridgehead atoms. The van der Waals surface area contributed by atoms with Crippen molar-refractivity contribution in [1.29, 1.82) is 0 Å². The van der Waals surface area contributed by atoms with Gasteiger partial charge in [0.15, 0.2) is 0 Å².